The van der Waals surface area contributed by atoms with Gasteiger partial charge in [0.15, 0.2) is 0 Å². The van der Waals surface area contributed by atoms with E-state index < -0.39 is 0 Å². The second-order valence-corrected chi connectivity index (χ2v) is 6.21. The molecule has 1 saturated carbocycles. The molecule has 1 N–H and O–H groups in total. The van der Waals surface area contributed by atoms with E-state index in [9.17, 15) is 0 Å². The molecule has 1 unspecified atom stereocenters. The largest absolute Gasteiger partial charge is 0.385 e. The summed E-state index contributed by atoms with van der Waals surface area (Å²) in [4.78, 5) is 2.79. The Morgan fingerprint density at radius 3 is 2.72 bits per heavy atom. The van der Waals surface area contributed by atoms with E-state index in [2.05, 4.69) is 17.1 Å². The molecule has 3 nitrogen and oxygen atoms in total. The number of hydrogen-bond donors (Lipinski definition) is 1. The number of hydrogen-bond acceptors (Lipinski definition) is 3. The van der Waals surface area contributed by atoms with Crippen molar-refractivity contribution < 1.29 is 4.74 Å². The minimum atomic E-state index is 0.484. The van der Waals surface area contributed by atoms with Crippen molar-refractivity contribution in [2.24, 2.45) is 0 Å². The van der Waals surface area contributed by atoms with Crippen LogP contribution in [0.1, 0.15) is 51.9 Å². The molecule has 1 spiro atoms. The molecule has 1 saturated heterocycles. The highest BCUT2D eigenvalue weighted by atomic mass is 16.5. The molecular weight excluding hydrogens is 224 g/mol. The van der Waals surface area contributed by atoms with E-state index in [4.69, 9.17) is 4.74 Å². The third kappa shape index (κ3) is 3.46. The highest BCUT2D eigenvalue weighted by Crippen LogP contribution is 2.35. The number of nitrogens with one attached hydrogen (secondary N) is 1. The Hall–Kier alpha value is -0.120. The molecule has 0 aromatic heterocycles. The van der Waals surface area contributed by atoms with Gasteiger partial charge in [0, 0.05) is 38.4 Å². The van der Waals surface area contributed by atoms with Gasteiger partial charge in [0.1, 0.15) is 0 Å². The summed E-state index contributed by atoms with van der Waals surface area (Å²) in [6.07, 6.45) is 9.56. The van der Waals surface area contributed by atoms with Crippen LogP contribution in [0, 0.1) is 0 Å². The van der Waals surface area contributed by atoms with Gasteiger partial charge in [-0.25, -0.2) is 0 Å². The van der Waals surface area contributed by atoms with Crippen molar-refractivity contribution in [3.8, 4) is 0 Å². The second-order valence-electron chi connectivity index (χ2n) is 6.21. The Labute approximate surface area is 112 Å². The van der Waals surface area contributed by atoms with Gasteiger partial charge >= 0.3 is 0 Å². The maximum atomic E-state index is 5.16. The van der Waals surface area contributed by atoms with Crippen molar-refractivity contribution in [2.75, 3.05) is 33.4 Å². The van der Waals surface area contributed by atoms with E-state index in [-0.39, 0.29) is 0 Å². The van der Waals surface area contributed by atoms with Crippen LogP contribution in [0.25, 0.3) is 0 Å². The number of ether oxygens (including phenoxy) is 1. The fourth-order valence-electron chi connectivity index (χ4n) is 3.65. The van der Waals surface area contributed by atoms with Crippen LogP contribution in [0.15, 0.2) is 0 Å². The van der Waals surface area contributed by atoms with Gasteiger partial charge in [0.25, 0.3) is 0 Å². The predicted octanol–water partition coefficient (Wildman–Crippen LogP) is 2.41. The van der Waals surface area contributed by atoms with Crippen LogP contribution in [-0.2, 0) is 4.74 Å². The van der Waals surface area contributed by atoms with Crippen molar-refractivity contribution >= 4 is 0 Å². The molecule has 3 heteroatoms. The van der Waals surface area contributed by atoms with Gasteiger partial charge in [0.2, 0.25) is 0 Å². The first-order chi connectivity index (χ1) is 8.77. The lowest BCUT2D eigenvalue weighted by atomic mass is 9.78. The van der Waals surface area contributed by atoms with E-state index in [1.807, 2.05) is 0 Å². The van der Waals surface area contributed by atoms with E-state index in [1.54, 1.807) is 7.11 Å². The summed E-state index contributed by atoms with van der Waals surface area (Å²) in [5.74, 6) is 0. The third-order valence-electron chi connectivity index (χ3n) is 4.76. The molecule has 18 heavy (non-hydrogen) atoms. The quantitative estimate of drug-likeness (QED) is 0.763. The highest BCUT2D eigenvalue weighted by Gasteiger charge is 2.40. The van der Waals surface area contributed by atoms with Gasteiger partial charge in [-0.1, -0.05) is 19.3 Å². The van der Waals surface area contributed by atoms with Crippen LogP contribution in [0.3, 0.4) is 0 Å². The Kier molecular flexibility index (Phi) is 5.46. The minimum Gasteiger partial charge on any atom is -0.385 e. The van der Waals surface area contributed by atoms with Crippen molar-refractivity contribution in [3.05, 3.63) is 0 Å². The SMILES string of the molecule is COCCCCN1CC(C)NCC12CCCCC2. The molecule has 106 valence electrons. The lowest BCUT2D eigenvalue weighted by Crippen LogP contribution is -2.64. The second kappa shape index (κ2) is 6.88. The minimum absolute atomic E-state index is 0.484. The van der Waals surface area contributed by atoms with Gasteiger partial charge in [-0.2, -0.15) is 0 Å². The summed E-state index contributed by atoms with van der Waals surface area (Å²) < 4.78 is 5.16. The summed E-state index contributed by atoms with van der Waals surface area (Å²) >= 11 is 0. The van der Waals surface area contributed by atoms with E-state index in [1.165, 1.54) is 64.6 Å². The monoisotopic (exact) mass is 254 g/mol. The summed E-state index contributed by atoms with van der Waals surface area (Å²) in [7, 11) is 1.80. The molecule has 0 bridgehead atoms. The average molecular weight is 254 g/mol. The molecule has 1 heterocycles. The zero-order valence-corrected chi connectivity index (χ0v) is 12.2. The third-order valence-corrected chi connectivity index (χ3v) is 4.76. The van der Waals surface area contributed by atoms with Crippen LogP contribution in [0.4, 0.5) is 0 Å². The zero-order chi connectivity index (χ0) is 12.8. The molecule has 1 aliphatic carbocycles. The Bertz CT molecular complexity index is 239. The number of piperazine rings is 1. The van der Waals surface area contributed by atoms with Crippen LogP contribution in [-0.4, -0.2) is 49.8 Å². The average Bonchev–Trinajstić information content (AvgIpc) is 2.40. The molecule has 0 radical (unpaired) electrons. The van der Waals surface area contributed by atoms with Crippen molar-refractivity contribution in [3.63, 3.8) is 0 Å². The maximum absolute atomic E-state index is 5.16. The van der Waals surface area contributed by atoms with Crippen molar-refractivity contribution in [1.29, 1.82) is 0 Å². The Morgan fingerprint density at radius 2 is 2.00 bits per heavy atom. The molecule has 0 aromatic carbocycles. The topological polar surface area (TPSA) is 24.5 Å². The molecule has 0 aromatic rings. The summed E-state index contributed by atoms with van der Waals surface area (Å²) in [6.45, 7) is 6.92. The number of unbranched alkanes of at least 4 members (excludes halogenated alkanes) is 1. The van der Waals surface area contributed by atoms with Crippen LogP contribution >= 0.6 is 0 Å². The summed E-state index contributed by atoms with van der Waals surface area (Å²) in [6, 6.07) is 0.653. The van der Waals surface area contributed by atoms with Gasteiger partial charge in [0.05, 0.1) is 0 Å². The standard InChI is InChI=1S/C15H30N2O/c1-14-12-17(10-6-7-11-18-2)15(13-16-14)8-4-3-5-9-15/h14,16H,3-13H2,1-2H3. The van der Waals surface area contributed by atoms with Crippen LogP contribution in [0.2, 0.25) is 0 Å². The number of methoxy groups -OCH3 is 1. The maximum Gasteiger partial charge on any atom is 0.0462 e. The van der Waals surface area contributed by atoms with Gasteiger partial charge in [-0.3, -0.25) is 4.90 Å². The highest BCUT2D eigenvalue weighted by molar-refractivity contribution is 4.99. The molecule has 1 aliphatic heterocycles. The number of nitrogens with zero attached hydrogens (tertiary/aromatic N) is 1. The Balaban J connectivity index is 1.88. The molecule has 2 aliphatic rings. The first-order valence-corrected chi connectivity index (χ1v) is 7.74. The van der Waals surface area contributed by atoms with Crippen LogP contribution < -0.4 is 5.32 Å². The lowest BCUT2D eigenvalue weighted by molar-refractivity contribution is 0.0105. The van der Waals surface area contributed by atoms with Gasteiger partial charge in [-0.05, 0) is 39.2 Å². The van der Waals surface area contributed by atoms with E-state index >= 15 is 0 Å². The summed E-state index contributed by atoms with van der Waals surface area (Å²) in [5, 5.41) is 3.71. The number of rotatable bonds is 5. The molecular formula is C15H30N2O. The lowest BCUT2D eigenvalue weighted by Gasteiger charge is -2.51. The van der Waals surface area contributed by atoms with E-state index in [0.29, 0.717) is 11.6 Å². The molecule has 0 amide bonds. The fraction of sp³-hybridized carbons (Fsp3) is 1.00. The van der Waals surface area contributed by atoms with Gasteiger partial charge < -0.3 is 10.1 Å². The smallest absolute Gasteiger partial charge is 0.0462 e. The Morgan fingerprint density at radius 1 is 1.22 bits per heavy atom. The first kappa shape index (κ1) is 14.3. The summed E-state index contributed by atoms with van der Waals surface area (Å²) in [5.41, 5.74) is 0.484. The van der Waals surface area contributed by atoms with Crippen molar-refractivity contribution in [2.45, 2.75) is 63.5 Å². The zero-order valence-electron chi connectivity index (χ0n) is 12.2. The van der Waals surface area contributed by atoms with Gasteiger partial charge in [-0.15, -0.1) is 0 Å². The molecule has 2 fully saturated rings. The molecule has 2 rings (SSSR count). The molecule has 1 atom stereocenters. The first-order valence-electron chi connectivity index (χ1n) is 7.74. The fourth-order valence-corrected chi connectivity index (χ4v) is 3.65. The van der Waals surface area contributed by atoms with Crippen molar-refractivity contribution in [1.82, 2.24) is 10.2 Å². The van der Waals surface area contributed by atoms with E-state index in [0.717, 1.165) is 6.61 Å². The van der Waals surface area contributed by atoms with Crippen LogP contribution in [0.5, 0.6) is 0 Å². The predicted molar refractivity (Wildman–Crippen MR) is 76.0 cm³/mol. The normalized spacial score (nSPS) is 28.7.